The van der Waals surface area contributed by atoms with Gasteiger partial charge in [0.25, 0.3) is 29.1 Å². The molecule has 3 aromatic carbocycles. The first-order valence-electron chi connectivity index (χ1n) is 26.3. The summed E-state index contributed by atoms with van der Waals surface area (Å²) in [5.74, 6) is -10.2. The molecule has 3 heterocycles. The van der Waals surface area contributed by atoms with Crippen molar-refractivity contribution in [1.82, 2.24) is 16.0 Å². The predicted octanol–water partition coefficient (Wildman–Crippen LogP) is 5.94. The van der Waals surface area contributed by atoms with Gasteiger partial charge in [-0.3, -0.25) is 43.2 Å². The molecule has 0 saturated carbocycles. The van der Waals surface area contributed by atoms with Crippen molar-refractivity contribution >= 4 is 169 Å². The number of benzene rings is 3. The third kappa shape index (κ3) is 21.0. The average molecular weight is 1420 g/mol. The lowest BCUT2D eigenvalue weighted by molar-refractivity contribution is -0.355. The number of amides is 3. The molecule has 3 aromatic rings. The molecule has 0 aromatic heterocycles. The van der Waals surface area contributed by atoms with Gasteiger partial charge < -0.3 is 77.5 Å². The van der Waals surface area contributed by atoms with E-state index in [-0.39, 0.29) is 13.2 Å². The molecule has 3 fully saturated rings. The van der Waals surface area contributed by atoms with Crippen LogP contribution in [0.1, 0.15) is 52.7 Å². The number of carbonyl (C=O) groups excluding carboxylic acids is 9. The maximum Gasteiger partial charge on any atom is 0.303 e. The van der Waals surface area contributed by atoms with Crippen molar-refractivity contribution in [3.63, 3.8) is 0 Å². The van der Waals surface area contributed by atoms with Crippen LogP contribution in [0.4, 0.5) is 0 Å². The third-order valence-electron chi connectivity index (χ3n) is 12.9. The first-order valence-corrected chi connectivity index (χ1v) is 29.7. The first-order chi connectivity index (χ1) is 41.2. The van der Waals surface area contributed by atoms with Crippen LogP contribution >= 0.6 is 104 Å². The largest absolute Gasteiger partial charge is 0.463 e. The Bertz CT molecular complexity index is 2970. The molecule has 88 heavy (non-hydrogen) atoms. The van der Waals surface area contributed by atoms with Crippen LogP contribution in [0.2, 0.25) is 0 Å². The van der Waals surface area contributed by atoms with E-state index in [4.69, 9.17) is 166 Å². The molecular formula is C54H58Cl9N3O22. The van der Waals surface area contributed by atoms with Crippen molar-refractivity contribution in [2.45, 2.75) is 158 Å². The lowest BCUT2D eigenvalue weighted by Crippen LogP contribution is -2.72. The van der Waals surface area contributed by atoms with Crippen LogP contribution in [-0.2, 0) is 118 Å². The van der Waals surface area contributed by atoms with Gasteiger partial charge in [0.2, 0.25) is 0 Å². The molecule has 3 aliphatic rings. The first kappa shape index (κ1) is 72.5. The van der Waals surface area contributed by atoms with Gasteiger partial charge in [-0.2, -0.15) is 0 Å². The number of carbonyl (C=O) groups is 9. The van der Waals surface area contributed by atoms with Gasteiger partial charge in [-0.15, -0.1) is 0 Å². The molecule has 0 bridgehead atoms. The van der Waals surface area contributed by atoms with Crippen LogP contribution in [0.3, 0.4) is 0 Å². The fourth-order valence-electron chi connectivity index (χ4n) is 9.39. The van der Waals surface area contributed by atoms with Crippen LogP contribution in [0.25, 0.3) is 10.8 Å². The number of halogens is 9. The molecule has 34 heteroatoms. The molecule has 484 valence electrons. The highest BCUT2D eigenvalue weighted by Gasteiger charge is 2.60. The molecule has 0 radical (unpaired) electrons. The molecule has 3 amide bonds. The third-order valence-corrected chi connectivity index (χ3v) is 14.5. The standard InChI is InChI=1S/C54H58Cl9N3O22/c1-24(67)77-22-35-40(80-26(3)69)44(82-28(5)71)38(65-50(74)53(58,59)60)47(85-35)88-42-36(23-78-25(2)68)86-48(39(45(42)83-29(6)72)66-51(75)54(61,62)63)87-41-34(21-76-19-30-12-8-7-9-13-30)84-46(37(43(41)81-27(4)70)64-49(73)52(55,56)57)79-20-31-16-17-32-14-10-11-15-33(32)18-31/h7-18,34-48H,19-23H2,1-6H3,(H,64,73)(H,65,74)(H,66,75)/t34-,35-,36-,37-,38-,39-,40-,41-,42-,43+,44+,45+,46+,47+,48+/m1/s1. The van der Waals surface area contributed by atoms with Crippen molar-refractivity contribution in [2.75, 3.05) is 19.8 Å². The number of esters is 6. The van der Waals surface area contributed by atoms with Crippen molar-refractivity contribution < 1.29 is 105 Å². The Balaban J connectivity index is 1.54. The second kappa shape index (κ2) is 32.2. The van der Waals surface area contributed by atoms with Gasteiger partial charge in [-0.05, 0) is 28.0 Å². The number of alkyl halides is 9. The fourth-order valence-corrected chi connectivity index (χ4v) is 9.88. The summed E-state index contributed by atoms with van der Waals surface area (Å²) in [6.45, 7) is 3.40. The van der Waals surface area contributed by atoms with Gasteiger partial charge in [0.1, 0.15) is 61.9 Å². The van der Waals surface area contributed by atoms with Crippen molar-refractivity contribution in [3.05, 3.63) is 83.9 Å². The van der Waals surface area contributed by atoms with Crippen molar-refractivity contribution in [2.24, 2.45) is 0 Å². The quantitative estimate of drug-likeness (QED) is 0.0596. The number of hydrogen-bond acceptors (Lipinski definition) is 22. The van der Waals surface area contributed by atoms with E-state index in [1.165, 1.54) is 0 Å². The maximum atomic E-state index is 14.1. The topological polar surface area (TPSA) is 310 Å². The molecule has 25 nitrogen and oxygen atoms in total. The highest BCUT2D eigenvalue weighted by molar-refractivity contribution is 6.77. The Kier molecular flexibility index (Phi) is 26.5. The minimum absolute atomic E-state index is 0.0738. The van der Waals surface area contributed by atoms with E-state index in [1.54, 1.807) is 36.4 Å². The summed E-state index contributed by atoms with van der Waals surface area (Å²) in [7, 11) is 0. The summed E-state index contributed by atoms with van der Waals surface area (Å²) in [6, 6.07) is 16.0. The molecule has 15 atom stereocenters. The number of hydrogen-bond donors (Lipinski definition) is 3. The zero-order chi connectivity index (χ0) is 65.0. The van der Waals surface area contributed by atoms with E-state index in [1.807, 2.05) is 36.4 Å². The van der Waals surface area contributed by atoms with E-state index in [0.717, 1.165) is 52.3 Å². The summed E-state index contributed by atoms with van der Waals surface area (Å²) < 4.78 is 70.9. The maximum absolute atomic E-state index is 14.1. The molecule has 3 saturated heterocycles. The summed E-state index contributed by atoms with van der Waals surface area (Å²) in [5.41, 5.74) is 1.28. The van der Waals surface area contributed by atoms with Crippen molar-refractivity contribution in [3.8, 4) is 0 Å². The Morgan fingerprint density at radius 1 is 0.409 bits per heavy atom. The highest BCUT2D eigenvalue weighted by Crippen LogP contribution is 2.39. The second-order valence-electron chi connectivity index (χ2n) is 19.7. The molecule has 6 rings (SSSR count). The monoisotopic (exact) mass is 1420 g/mol. The van der Waals surface area contributed by atoms with E-state index in [2.05, 4.69) is 16.0 Å². The van der Waals surface area contributed by atoms with Crippen LogP contribution in [0.15, 0.2) is 72.8 Å². The van der Waals surface area contributed by atoms with Crippen LogP contribution in [0, 0.1) is 0 Å². The van der Waals surface area contributed by atoms with Gasteiger partial charge in [-0.1, -0.05) is 171 Å². The lowest BCUT2D eigenvalue weighted by atomic mass is 9.93. The summed E-state index contributed by atoms with van der Waals surface area (Å²) in [6.07, 6.45) is -22.4. The lowest BCUT2D eigenvalue weighted by Gasteiger charge is -2.51. The summed E-state index contributed by atoms with van der Waals surface area (Å²) in [4.78, 5) is 119. The van der Waals surface area contributed by atoms with Crippen LogP contribution in [0.5, 0.6) is 0 Å². The Hall–Kier alpha value is -4.52. The molecule has 3 N–H and O–H groups in total. The number of rotatable bonds is 22. The number of ether oxygens (including phenoxy) is 13. The van der Waals surface area contributed by atoms with E-state index in [0.29, 0.717) is 11.1 Å². The zero-order valence-electron chi connectivity index (χ0n) is 47.0. The molecule has 0 unspecified atom stereocenters. The smallest absolute Gasteiger partial charge is 0.303 e. The highest BCUT2D eigenvalue weighted by atomic mass is 35.6. The Morgan fingerprint density at radius 2 is 0.784 bits per heavy atom. The Labute approximate surface area is 547 Å². The average Bonchev–Trinajstić information content (AvgIpc) is 0.888. The van der Waals surface area contributed by atoms with Gasteiger partial charge in [0.15, 0.2) is 43.3 Å². The SMILES string of the molecule is CC(=O)OC[C@H]1O[C@@H](O[C@H]2[C@@H](OC(C)=O)[C@@H](NC(=O)C(Cl)(Cl)Cl)[C@H](O[C@H]3[C@@H](OC(C)=O)[C@@H](NC(=O)C(Cl)(Cl)Cl)[C@@H](OCc4ccc5ccccc5c4)O[C@@H]3COCc3ccccc3)O[C@@H]2COC(C)=O)[C@H](NC(=O)C(Cl)(Cl)Cl)[C@H](OC(C)=O)[C@@H]1OC(C)=O. The normalized spacial score (nSPS) is 27.4. The van der Waals surface area contributed by atoms with E-state index < -0.39 is 177 Å². The predicted molar refractivity (Wildman–Crippen MR) is 313 cm³/mol. The van der Waals surface area contributed by atoms with Gasteiger partial charge in [0, 0.05) is 41.5 Å². The van der Waals surface area contributed by atoms with E-state index >= 15 is 0 Å². The summed E-state index contributed by atoms with van der Waals surface area (Å²) >= 11 is 54.9. The van der Waals surface area contributed by atoms with E-state index in [9.17, 15) is 43.2 Å². The molecule has 0 aliphatic carbocycles. The minimum Gasteiger partial charge on any atom is -0.463 e. The number of nitrogens with one attached hydrogen (secondary N) is 3. The van der Waals surface area contributed by atoms with Gasteiger partial charge >= 0.3 is 35.8 Å². The fraction of sp³-hybridized carbons (Fsp3) is 0.537. The van der Waals surface area contributed by atoms with Crippen LogP contribution < -0.4 is 16.0 Å². The zero-order valence-corrected chi connectivity index (χ0v) is 53.8. The van der Waals surface area contributed by atoms with Crippen LogP contribution in [-0.4, -0.2) is 177 Å². The summed E-state index contributed by atoms with van der Waals surface area (Å²) in [5, 5.41) is 8.99. The number of fused-ring (bicyclic) bond motifs is 1. The van der Waals surface area contributed by atoms with Gasteiger partial charge in [-0.25, -0.2) is 0 Å². The second-order valence-corrected chi connectivity index (χ2v) is 26.6. The molecular weight excluding hydrogens is 1360 g/mol. The molecule has 0 spiro atoms. The van der Waals surface area contributed by atoms with Crippen molar-refractivity contribution in [1.29, 1.82) is 0 Å². The van der Waals surface area contributed by atoms with Gasteiger partial charge in [0.05, 0.1) is 19.8 Å². The minimum atomic E-state index is -2.85. The Morgan fingerprint density at radius 3 is 1.22 bits per heavy atom. The molecule has 3 aliphatic heterocycles.